The Bertz CT molecular complexity index is 971. The number of benzene rings is 2. The Morgan fingerprint density at radius 2 is 2.00 bits per heavy atom. The number of carbonyl (C=O) groups excluding carboxylic acids is 1. The SMILES string of the molecule is C=CCc1cc(C(=O)c2cc(-c3ccco3)ccc2O)cc(OC)c1OC. The largest absolute Gasteiger partial charge is 0.507 e. The third kappa shape index (κ3) is 3.58. The van der Waals surface area contributed by atoms with Crippen LogP contribution in [0.25, 0.3) is 11.3 Å². The van der Waals surface area contributed by atoms with Crippen molar-refractivity contribution >= 4 is 5.78 Å². The smallest absolute Gasteiger partial charge is 0.196 e. The molecule has 3 rings (SSSR count). The highest BCUT2D eigenvalue weighted by atomic mass is 16.5. The summed E-state index contributed by atoms with van der Waals surface area (Å²) in [4.78, 5) is 13.1. The van der Waals surface area contributed by atoms with Crippen molar-refractivity contribution in [1.29, 1.82) is 0 Å². The molecule has 0 spiro atoms. The Morgan fingerprint density at radius 3 is 2.63 bits per heavy atom. The van der Waals surface area contributed by atoms with Gasteiger partial charge in [0.2, 0.25) is 0 Å². The van der Waals surface area contributed by atoms with Crippen molar-refractivity contribution in [3.05, 3.63) is 78.1 Å². The number of phenols is 1. The molecule has 0 amide bonds. The zero-order chi connectivity index (χ0) is 19.4. The van der Waals surface area contributed by atoms with Crippen LogP contribution in [0.2, 0.25) is 0 Å². The molecular formula is C22H20O5. The number of methoxy groups -OCH3 is 2. The Hall–Kier alpha value is -3.47. The predicted octanol–water partition coefficient (Wildman–Crippen LogP) is 4.63. The molecular weight excluding hydrogens is 344 g/mol. The van der Waals surface area contributed by atoms with Gasteiger partial charge in [0.15, 0.2) is 17.3 Å². The van der Waals surface area contributed by atoms with E-state index in [0.29, 0.717) is 34.8 Å². The van der Waals surface area contributed by atoms with Gasteiger partial charge in [-0.1, -0.05) is 6.08 Å². The molecule has 5 heteroatoms. The van der Waals surface area contributed by atoms with E-state index in [1.807, 2.05) is 0 Å². The number of hydrogen-bond acceptors (Lipinski definition) is 5. The molecule has 1 aromatic heterocycles. The van der Waals surface area contributed by atoms with Gasteiger partial charge in [0, 0.05) is 16.7 Å². The van der Waals surface area contributed by atoms with E-state index in [2.05, 4.69) is 6.58 Å². The standard InChI is InChI=1S/C22H20O5/c1-4-6-15-11-16(13-20(25-2)22(15)26-3)21(24)17-12-14(8-9-18(17)23)19-7-5-10-27-19/h4-5,7-13,23H,1,6H2,2-3H3. The Labute approximate surface area is 157 Å². The number of rotatable bonds is 7. The van der Waals surface area contributed by atoms with Gasteiger partial charge in [0.05, 0.1) is 26.0 Å². The van der Waals surface area contributed by atoms with Crippen LogP contribution < -0.4 is 9.47 Å². The van der Waals surface area contributed by atoms with Gasteiger partial charge in [0.25, 0.3) is 0 Å². The van der Waals surface area contributed by atoms with Gasteiger partial charge in [-0.2, -0.15) is 0 Å². The minimum atomic E-state index is -0.327. The summed E-state index contributed by atoms with van der Waals surface area (Å²) in [5.74, 6) is 1.19. The lowest BCUT2D eigenvalue weighted by Gasteiger charge is -2.14. The third-order valence-electron chi connectivity index (χ3n) is 4.23. The summed E-state index contributed by atoms with van der Waals surface area (Å²) < 4.78 is 16.2. The fourth-order valence-electron chi connectivity index (χ4n) is 2.95. The van der Waals surface area contributed by atoms with Crippen molar-refractivity contribution in [2.45, 2.75) is 6.42 Å². The second-order valence-corrected chi connectivity index (χ2v) is 5.90. The molecule has 138 valence electrons. The van der Waals surface area contributed by atoms with E-state index < -0.39 is 0 Å². The first-order chi connectivity index (χ1) is 13.1. The van der Waals surface area contributed by atoms with Crippen molar-refractivity contribution in [1.82, 2.24) is 0 Å². The molecule has 0 fully saturated rings. The first-order valence-electron chi connectivity index (χ1n) is 8.36. The van der Waals surface area contributed by atoms with E-state index in [9.17, 15) is 9.90 Å². The van der Waals surface area contributed by atoms with E-state index >= 15 is 0 Å². The minimum absolute atomic E-state index is 0.102. The van der Waals surface area contributed by atoms with Gasteiger partial charge in [-0.25, -0.2) is 0 Å². The lowest BCUT2D eigenvalue weighted by molar-refractivity contribution is 0.103. The lowest BCUT2D eigenvalue weighted by atomic mass is 9.96. The first kappa shape index (κ1) is 18.3. The summed E-state index contributed by atoms with van der Waals surface area (Å²) in [6, 6.07) is 11.7. The van der Waals surface area contributed by atoms with E-state index in [1.165, 1.54) is 13.2 Å². The highest BCUT2D eigenvalue weighted by Gasteiger charge is 2.20. The second kappa shape index (κ2) is 7.83. The van der Waals surface area contributed by atoms with Crippen LogP contribution in [-0.2, 0) is 6.42 Å². The highest BCUT2D eigenvalue weighted by molar-refractivity contribution is 6.11. The molecule has 0 aliphatic carbocycles. The Balaban J connectivity index is 2.09. The summed E-state index contributed by atoms with van der Waals surface area (Å²) in [6.45, 7) is 3.74. The van der Waals surface area contributed by atoms with Crippen LogP contribution in [0.3, 0.4) is 0 Å². The molecule has 0 aliphatic heterocycles. The molecule has 5 nitrogen and oxygen atoms in total. The normalized spacial score (nSPS) is 10.4. The number of allylic oxidation sites excluding steroid dienone is 1. The van der Waals surface area contributed by atoms with Crippen LogP contribution in [0.1, 0.15) is 21.5 Å². The summed E-state index contributed by atoms with van der Waals surface area (Å²) >= 11 is 0. The number of ketones is 1. The molecule has 0 saturated carbocycles. The van der Waals surface area contributed by atoms with E-state index in [1.54, 1.807) is 55.8 Å². The lowest BCUT2D eigenvalue weighted by Crippen LogP contribution is -2.05. The molecule has 3 aromatic rings. The number of furan rings is 1. The fraction of sp³-hybridized carbons (Fsp3) is 0.136. The monoisotopic (exact) mass is 364 g/mol. The van der Waals surface area contributed by atoms with Crippen LogP contribution in [0.5, 0.6) is 17.2 Å². The van der Waals surface area contributed by atoms with Crippen LogP contribution in [0, 0.1) is 0 Å². The van der Waals surface area contributed by atoms with Gasteiger partial charge >= 0.3 is 0 Å². The third-order valence-corrected chi connectivity index (χ3v) is 4.23. The maximum absolute atomic E-state index is 13.1. The predicted molar refractivity (Wildman–Crippen MR) is 103 cm³/mol. The van der Waals surface area contributed by atoms with Gasteiger partial charge in [-0.15, -0.1) is 6.58 Å². The van der Waals surface area contributed by atoms with E-state index in [0.717, 1.165) is 5.56 Å². The number of aromatic hydroxyl groups is 1. The average molecular weight is 364 g/mol. The molecule has 0 unspecified atom stereocenters. The molecule has 0 radical (unpaired) electrons. The number of ether oxygens (including phenoxy) is 2. The average Bonchev–Trinajstić information content (AvgIpc) is 3.22. The van der Waals surface area contributed by atoms with Crippen LogP contribution in [0.4, 0.5) is 0 Å². The molecule has 0 atom stereocenters. The zero-order valence-electron chi connectivity index (χ0n) is 15.2. The summed E-state index contributed by atoms with van der Waals surface area (Å²) in [5.41, 5.74) is 2.04. The topological polar surface area (TPSA) is 68.9 Å². The summed E-state index contributed by atoms with van der Waals surface area (Å²) in [6.07, 6.45) is 3.79. The molecule has 0 saturated heterocycles. The molecule has 1 N–H and O–H groups in total. The maximum Gasteiger partial charge on any atom is 0.196 e. The number of phenolic OH excluding ortho intramolecular Hbond substituents is 1. The Kier molecular flexibility index (Phi) is 5.31. The van der Waals surface area contributed by atoms with Gasteiger partial charge in [-0.05, 0) is 48.9 Å². The van der Waals surface area contributed by atoms with Crippen molar-refractivity contribution in [2.75, 3.05) is 14.2 Å². The van der Waals surface area contributed by atoms with Gasteiger partial charge < -0.3 is 19.0 Å². The number of hydrogen-bond donors (Lipinski definition) is 1. The van der Waals surface area contributed by atoms with Crippen LogP contribution in [0.15, 0.2) is 65.8 Å². The molecule has 1 heterocycles. The molecule has 27 heavy (non-hydrogen) atoms. The van der Waals surface area contributed by atoms with E-state index in [-0.39, 0.29) is 17.1 Å². The molecule has 0 aliphatic rings. The van der Waals surface area contributed by atoms with Crippen LogP contribution in [-0.4, -0.2) is 25.1 Å². The van der Waals surface area contributed by atoms with Crippen molar-refractivity contribution in [3.63, 3.8) is 0 Å². The second-order valence-electron chi connectivity index (χ2n) is 5.90. The van der Waals surface area contributed by atoms with Crippen molar-refractivity contribution in [2.24, 2.45) is 0 Å². The maximum atomic E-state index is 13.1. The zero-order valence-corrected chi connectivity index (χ0v) is 15.2. The van der Waals surface area contributed by atoms with E-state index in [4.69, 9.17) is 13.9 Å². The van der Waals surface area contributed by atoms with Crippen molar-refractivity contribution < 1.29 is 23.8 Å². The highest BCUT2D eigenvalue weighted by Crippen LogP contribution is 2.35. The molecule has 0 bridgehead atoms. The fourth-order valence-corrected chi connectivity index (χ4v) is 2.95. The molecule has 2 aromatic carbocycles. The summed E-state index contributed by atoms with van der Waals surface area (Å²) in [5, 5.41) is 10.2. The van der Waals surface area contributed by atoms with Gasteiger partial charge in [-0.3, -0.25) is 4.79 Å². The Morgan fingerprint density at radius 1 is 1.19 bits per heavy atom. The quantitative estimate of drug-likeness (QED) is 0.489. The minimum Gasteiger partial charge on any atom is -0.507 e. The van der Waals surface area contributed by atoms with Crippen LogP contribution >= 0.6 is 0 Å². The number of carbonyl (C=O) groups is 1. The first-order valence-corrected chi connectivity index (χ1v) is 8.36. The van der Waals surface area contributed by atoms with Gasteiger partial charge in [0.1, 0.15) is 11.5 Å². The summed E-state index contributed by atoms with van der Waals surface area (Å²) in [7, 11) is 3.06. The van der Waals surface area contributed by atoms with Crippen molar-refractivity contribution in [3.8, 4) is 28.6 Å².